The van der Waals surface area contributed by atoms with Gasteiger partial charge >= 0.3 is 0 Å². The first-order chi connectivity index (χ1) is 13.4. The third-order valence-electron chi connectivity index (χ3n) is 4.13. The van der Waals surface area contributed by atoms with Crippen molar-refractivity contribution in [1.29, 1.82) is 0 Å². The highest BCUT2D eigenvalue weighted by Crippen LogP contribution is 2.21. The SMILES string of the molecule is CC(COCc1ccc(Cl)cc1)NC(=O)c1cc(-c2cnn(C)c2)cnc1N. The van der Waals surface area contributed by atoms with Gasteiger partial charge in [0.15, 0.2) is 0 Å². The summed E-state index contributed by atoms with van der Waals surface area (Å²) < 4.78 is 7.35. The van der Waals surface area contributed by atoms with Gasteiger partial charge in [-0.1, -0.05) is 23.7 Å². The van der Waals surface area contributed by atoms with E-state index in [9.17, 15) is 4.79 Å². The van der Waals surface area contributed by atoms with E-state index in [2.05, 4.69) is 15.4 Å². The highest BCUT2D eigenvalue weighted by molar-refractivity contribution is 6.30. The van der Waals surface area contributed by atoms with Crippen LogP contribution < -0.4 is 11.1 Å². The van der Waals surface area contributed by atoms with E-state index < -0.39 is 0 Å². The van der Waals surface area contributed by atoms with Gasteiger partial charge in [0.1, 0.15) is 5.82 Å². The number of rotatable bonds is 7. The lowest BCUT2D eigenvalue weighted by atomic mass is 10.1. The highest BCUT2D eigenvalue weighted by Gasteiger charge is 2.15. The van der Waals surface area contributed by atoms with E-state index >= 15 is 0 Å². The molecule has 3 N–H and O–H groups in total. The molecule has 0 spiro atoms. The Hall–Kier alpha value is -2.90. The Labute approximate surface area is 168 Å². The monoisotopic (exact) mass is 399 g/mol. The number of nitrogens with zero attached hydrogens (tertiary/aromatic N) is 3. The summed E-state index contributed by atoms with van der Waals surface area (Å²) in [5, 5.41) is 7.71. The Kier molecular flexibility index (Phi) is 6.28. The summed E-state index contributed by atoms with van der Waals surface area (Å²) in [6, 6.07) is 8.97. The van der Waals surface area contributed by atoms with E-state index in [-0.39, 0.29) is 17.8 Å². The minimum atomic E-state index is -0.293. The van der Waals surface area contributed by atoms with Crippen molar-refractivity contribution in [2.75, 3.05) is 12.3 Å². The average molecular weight is 400 g/mol. The number of aryl methyl sites for hydroxylation is 1. The van der Waals surface area contributed by atoms with Crippen LogP contribution >= 0.6 is 11.6 Å². The number of nitrogen functional groups attached to an aromatic ring is 1. The summed E-state index contributed by atoms with van der Waals surface area (Å²) in [6.07, 6.45) is 5.19. The topological polar surface area (TPSA) is 95.1 Å². The summed E-state index contributed by atoms with van der Waals surface area (Å²) in [5.74, 6) is -0.113. The molecule has 0 fully saturated rings. The maximum atomic E-state index is 12.6. The molecule has 0 saturated carbocycles. The van der Waals surface area contributed by atoms with Crippen LogP contribution in [0, 0.1) is 0 Å². The van der Waals surface area contributed by atoms with E-state index in [1.807, 2.05) is 44.4 Å². The fourth-order valence-electron chi connectivity index (χ4n) is 2.66. The van der Waals surface area contributed by atoms with Gasteiger partial charge in [0.25, 0.3) is 5.91 Å². The molecular weight excluding hydrogens is 378 g/mol. The lowest BCUT2D eigenvalue weighted by Crippen LogP contribution is -2.36. The third kappa shape index (κ3) is 5.09. The number of aromatic nitrogens is 3. The molecule has 0 saturated heterocycles. The fourth-order valence-corrected chi connectivity index (χ4v) is 2.79. The minimum Gasteiger partial charge on any atom is -0.383 e. The number of amides is 1. The van der Waals surface area contributed by atoms with Gasteiger partial charge in [-0.15, -0.1) is 0 Å². The van der Waals surface area contributed by atoms with E-state index in [0.717, 1.165) is 16.7 Å². The van der Waals surface area contributed by atoms with Gasteiger partial charge in [-0.3, -0.25) is 9.48 Å². The van der Waals surface area contributed by atoms with E-state index in [1.54, 1.807) is 23.1 Å². The van der Waals surface area contributed by atoms with Crippen LogP contribution in [0.1, 0.15) is 22.8 Å². The molecule has 146 valence electrons. The third-order valence-corrected chi connectivity index (χ3v) is 4.38. The number of pyridine rings is 1. The van der Waals surface area contributed by atoms with Crippen LogP contribution in [0.3, 0.4) is 0 Å². The molecule has 1 unspecified atom stereocenters. The van der Waals surface area contributed by atoms with Crippen molar-refractivity contribution in [3.05, 3.63) is 65.1 Å². The minimum absolute atomic E-state index is 0.180. The fraction of sp³-hybridized carbons (Fsp3) is 0.250. The number of hydrogen-bond acceptors (Lipinski definition) is 5. The Morgan fingerprint density at radius 1 is 1.29 bits per heavy atom. The van der Waals surface area contributed by atoms with Gasteiger partial charge in [-0.05, 0) is 30.7 Å². The molecule has 28 heavy (non-hydrogen) atoms. The first-order valence-electron chi connectivity index (χ1n) is 8.80. The normalized spacial score (nSPS) is 12.0. The average Bonchev–Trinajstić information content (AvgIpc) is 3.10. The largest absolute Gasteiger partial charge is 0.383 e. The smallest absolute Gasteiger partial charge is 0.255 e. The van der Waals surface area contributed by atoms with Crippen LogP contribution in [0.4, 0.5) is 5.82 Å². The number of ether oxygens (including phenoxy) is 1. The summed E-state index contributed by atoms with van der Waals surface area (Å²) in [4.78, 5) is 16.8. The van der Waals surface area contributed by atoms with Crippen molar-refractivity contribution >= 4 is 23.3 Å². The second kappa shape index (κ2) is 8.86. The summed E-state index contributed by atoms with van der Waals surface area (Å²) in [6.45, 7) is 2.68. The Balaban J connectivity index is 1.58. The molecule has 3 aromatic rings. The van der Waals surface area contributed by atoms with Crippen LogP contribution in [0.15, 0.2) is 48.9 Å². The standard InChI is InChI=1S/C20H22ClN5O2/c1-13(11-28-12-14-3-5-17(21)6-4-14)25-20(27)18-7-15(8-23-19(18)22)16-9-24-26(2)10-16/h3-10,13H,11-12H2,1-2H3,(H2,22,23)(H,25,27). The van der Waals surface area contributed by atoms with E-state index in [1.165, 1.54) is 0 Å². The lowest BCUT2D eigenvalue weighted by molar-refractivity contribution is 0.0821. The zero-order valence-electron chi connectivity index (χ0n) is 15.7. The number of anilines is 1. The number of nitrogens with two attached hydrogens (primary N) is 1. The predicted molar refractivity (Wildman–Crippen MR) is 109 cm³/mol. The number of halogens is 1. The van der Waals surface area contributed by atoms with Crippen LogP contribution in [0.2, 0.25) is 5.02 Å². The molecule has 3 rings (SSSR count). The number of carbonyl (C=O) groups is 1. The molecule has 2 heterocycles. The zero-order valence-corrected chi connectivity index (χ0v) is 16.5. The first-order valence-corrected chi connectivity index (χ1v) is 9.18. The summed E-state index contributed by atoms with van der Waals surface area (Å²) in [7, 11) is 1.83. The molecule has 0 aliphatic heterocycles. The molecule has 0 aliphatic rings. The van der Waals surface area contributed by atoms with E-state index in [4.69, 9.17) is 22.1 Å². The molecule has 1 amide bonds. The van der Waals surface area contributed by atoms with Gasteiger partial charge in [-0.25, -0.2) is 4.98 Å². The lowest BCUT2D eigenvalue weighted by Gasteiger charge is -2.15. The highest BCUT2D eigenvalue weighted by atomic mass is 35.5. The van der Waals surface area contributed by atoms with Crippen LogP contribution in [-0.2, 0) is 18.4 Å². The summed E-state index contributed by atoms with van der Waals surface area (Å²) >= 11 is 5.87. The molecule has 0 radical (unpaired) electrons. The van der Waals surface area contributed by atoms with Crippen molar-refractivity contribution in [2.24, 2.45) is 7.05 Å². The van der Waals surface area contributed by atoms with Gasteiger partial charge in [-0.2, -0.15) is 5.10 Å². The second-order valence-corrected chi connectivity index (χ2v) is 7.01. The number of benzene rings is 1. The molecule has 0 aliphatic carbocycles. The maximum Gasteiger partial charge on any atom is 0.255 e. The second-order valence-electron chi connectivity index (χ2n) is 6.58. The van der Waals surface area contributed by atoms with Gasteiger partial charge in [0.05, 0.1) is 25.0 Å². The van der Waals surface area contributed by atoms with E-state index in [0.29, 0.717) is 23.8 Å². The molecule has 1 aromatic carbocycles. The number of hydrogen-bond donors (Lipinski definition) is 2. The first kappa shape index (κ1) is 19.9. The van der Waals surface area contributed by atoms with Crippen molar-refractivity contribution in [3.63, 3.8) is 0 Å². The van der Waals surface area contributed by atoms with Gasteiger partial charge in [0.2, 0.25) is 0 Å². The molecule has 1 atom stereocenters. The van der Waals surface area contributed by atoms with Crippen molar-refractivity contribution < 1.29 is 9.53 Å². The Morgan fingerprint density at radius 3 is 2.71 bits per heavy atom. The summed E-state index contributed by atoms with van der Waals surface area (Å²) in [5.41, 5.74) is 8.88. The molecule has 7 nitrogen and oxygen atoms in total. The molecule has 8 heteroatoms. The van der Waals surface area contributed by atoms with Gasteiger partial charge in [0, 0.05) is 41.6 Å². The Bertz CT molecular complexity index is 955. The zero-order chi connectivity index (χ0) is 20.1. The van der Waals surface area contributed by atoms with Crippen LogP contribution in [0.25, 0.3) is 11.1 Å². The Morgan fingerprint density at radius 2 is 2.04 bits per heavy atom. The molecular formula is C20H22ClN5O2. The maximum absolute atomic E-state index is 12.6. The van der Waals surface area contributed by atoms with Crippen molar-refractivity contribution in [1.82, 2.24) is 20.1 Å². The predicted octanol–water partition coefficient (Wildman–Crippen LogP) is 3.05. The molecule has 0 bridgehead atoms. The number of carbonyl (C=O) groups excluding carboxylic acids is 1. The molecule has 2 aromatic heterocycles. The quantitative estimate of drug-likeness (QED) is 0.636. The van der Waals surface area contributed by atoms with Crippen molar-refractivity contribution in [3.8, 4) is 11.1 Å². The van der Waals surface area contributed by atoms with Gasteiger partial charge < -0.3 is 15.8 Å². The number of nitrogens with one attached hydrogen (secondary N) is 1. The van der Waals surface area contributed by atoms with Crippen LogP contribution in [-0.4, -0.2) is 33.3 Å². The van der Waals surface area contributed by atoms with Crippen LogP contribution in [0.5, 0.6) is 0 Å². The van der Waals surface area contributed by atoms with Crippen molar-refractivity contribution in [2.45, 2.75) is 19.6 Å².